The van der Waals surface area contributed by atoms with Gasteiger partial charge in [-0.2, -0.15) is 0 Å². The molecule has 6 N–H and O–H groups in total. The summed E-state index contributed by atoms with van der Waals surface area (Å²) in [5, 5.41) is 23.2. The van der Waals surface area contributed by atoms with E-state index in [4.69, 9.17) is 29.5 Å². The molecule has 3 heterocycles. The van der Waals surface area contributed by atoms with Crippen LogP contribution in [0.4, 0.5) is 15.9 Å². The summed E-state index contributed by atoms with van der Waals surface area (Å²) < 4.78 is 16.5. The Balaban J connectivity index is 1.44. The van der Waals surface area contributed by atoms with Crippen LogP contribution in [0.25, 0.3) is 21.9 Å². The van der Waals surface area contributed by atoms with Gasteiger partial charge in [0.2, 0.25) is 0 Å². The first kappa shape index (κ1) is 22.4. The highest BCUT2D eigenvalue weighted by Crippen LogP contribution is 2.48. The minimum Gasteiger partial charge on any atom is -0.398 e. The molecule has 1 saturated carbocycles. The van der Waals surface area contributed by atoms with Gasteiger partial charge < -0.3 is 26.2 Å². The van der Waals surface area contributed by atoms with Gasteiger partial charge in [-0.25, -0.2) is 14.4 Å². The molecule has 0 saturated heterocycles. The number of anilines is 2. The third kappa shape index (κ3) is 3.44. The summed E-state index contributed by atoms with van der Waals surface area (Å²) in [6.07, 6.45) is 8.06. The fourth-order valence-corrected chi connectivity index (χ4v) is 5.17. The predicted octanol–water partition coefficient (Wildman–Crippen LogP) is 3.46. The summed E-state index contributed by atoms with van der Waals surface area (Å²) in [7, 11) is 0. The van der Waals surface area contributed by atoms with Crippen molar-refractivity contribution in [3.8, 4) is 12.3 Å². The van der Waals surface area contributed by atoms with Crippen LogP contribution in [0.15, 0.2) is 42.7 Å². The maximum absolute atomic E-state index is 14.7. The van der Waals surface area contributed by atoms with E-state index in [1.54, 1.807) is 24.5 Å². The lowest BCUT2D eigenvalue weighted by atomic mass is 9.79. The highest BCUT2D eigenvalue weighted by atomic mass is 35.5. The van der Waals surface area contributed by atoms with E-state index in [0.717, 1.165) is 5.39 Å². The molecule has 0 radical (unpaired) electrons. The van der Waals surface area contributed by atoms with Gasteiger partial charge >= 0.3 is 0 Å². The minimum atomic E-state index is -1.17. The van der Waals surface area contributed by atoms with Crippen LogP contribution in [0.1, 0.15) is 24.4 Å². The molecule has 1 fully saturated rings. The van der Waals surface area contributed by atoms with Gasteiger partial charge in [-0.3, -0.25) is 0 Å². The number of nitrogen functional groups attached to an aromatic ring is 2. The van der Waals surface area contributed by atoms with E-state index in [0.29, 0.717) is 41.7 Å². The summed E-state index contributed by atoms with van der Waals surface area (Å²) in [5.41, 5.74) is 13.0. The second-order valence-corrected chi connectivity index (χ2v) is 9.27. The molecule has 0 bridgehead atoms. The van der Waals surface area contributed by atoms with Crippen LogP contribution in [0.5, 0.6) is 0 Å². The lowest BCUT2D eigenvalue weighted by Gasteiger charge is -2.27. The van der Waals surface area contributed by atoms with Crippen molar-refractivity contribution in [2.45, 2.75) is 37.5 Å². The number of fused-ring (bicyclic) bond motifs is 2. The first-order valence-electron chi connectivity index (χ1n) is 10.8. The van der Waals surface area contributed by atoms with Crippen LogP contribution in [0.2, 0.25) is 5.02 Å². The molecule has 34 heavy (non-hydrogen) atoms. The van der Waals surface area contributed by atoms with Crippen molar-refractivity contribution in [3.05, 3.63) is 59.1 Å². The summed E-state index contributed by atoms with van der Waals surface area (Å²) >= 11 is 5.97. The summed E-state index contributed by atoms with van der Waals surface area (Å²) in [4.78, 5) is 8.57. The number of aryl methyl sites for hydroxylation is 1. The van der Waals surface area contributed by atoms with Crippen LogP contribution in [0, 0.1) is 23.6 Å². The first-order chi connectivity index (χ1) is 16.2. The molecule has 1 aliphatic carbocycles. The van der Waals surface area contributed by atoms with Gasteiger partial charge in [0.05, 0.1) is 28.1 Å². The lowest BCUT2D eigenvalue weighted by molar-refractivity contribution is -0.0115. The maximum atomic E-state index is 14.7. The average Bonchev–Trinajstić information content (AvgIpc) is 3.35. The molecule has 3 aromatic heterocycles. The van der Waals surface area contributed by atoms with Gasteiger partial charge in [0.15, 0.2) is 0 Å². The van der Waals surface area contributed by atoms with Gasteiger partial charge in [0.25, 0.3) is 0 Å². The van der Waals surface area contributed by atoms with Crippen molar-refractivity contribution < 1.29 is 14.6 Å². The summed E-state index contributed by atoms with van der Waals surface area (Å²) in [6.45, 7) is 0. The Hall–Kier alpha value is -3.38. The van der Waals surface area contributed by atoms with Crippen LogP contribution in [0.3, 0.4) is 0 Å². The highest BCUT2D eigenvalue weighted by Gasteiger charge is 2.52. The van der Waals surface area contributed by atoms with Crippen LogP contribution >= 0.6 is 11.6 Å². The molecular weight excluding hydrogens is 457 g/mol. The molecule has 7 nitrogen and oxygen atoms in total. The fourth-order valence-electron chi connectivity index (χ4n) is 5.02. The number of aliphatic hydroxyl groups is 2. The number of halogens is 2. The van der Waals surface area contributed by atoms with Gasteiger partial charge in [-0.05, 0) is 55.2 Å². The molecular formula is C25H23ClFN5O2. The molecule has 174 valence electrons. The largest absolute Gasteiger partial charge is 0.398 e. The topological polar surface area (TPSA) is 123 Å². The van der Waals surface area contributed by atoms with E-state index in [2.05, 4.69) is 15.9 Å². The number of hydrogen-bond donors (Lipinski definition) is 4. The zero-order valence-corrected chi connectivity index (χ0v) is 18.9. The fraction of sp³-hybridized carbons (Fsp3) is 0.280. The summed E-state index contributed by atoms with van der Waals surface area (Å²) in [5.74, 6) is 2.39. The monoisotopic (exact) mass is 479 g/mol. The number of nitrogens with zero attached hydrogens (tertiary/aromatic N) is 3. The van der Waals surface area contributed by atoms with Crippen molar-refractivity contribution >= 4 is 45.0 Å². The number of rotatable bonds is 4. The zero-order valence-electron chi connectivity index (χ0n) is 18.1. The third-order valence-corrected chi connectivity index (χ3v) is 7.24. The van der Waals surface area contributed by atoms with Gasteiger partial charge in [-0.15, -0.1) is 6.42 Å². The van der Waals surface area contributed by atoms with Crippen LogP contribution in [-0.4, -0.2) is 37.0 Å². The van der Waals surface area contributed by atoms with Crippen molar-refractivity contribution in [3.63, 3.8) is 0 Å². The summed E-state index contributed by atoms with van der Waals surface area (Å²) in [6, 6.07) is 7.63. The standard InChI is InChI=1S/C25H23ClFN5O2/c1-2-25(6-3-13-9-17(27)15-11-16(26)23(29)31-19(15)10-13)12-20(21(33)22(25)34)32-8-5-14-18(28)4-7-30-24(14)32/h1,4-5,7-11,20-22,33-34H,3,6,12H2,(H2,28,30)(H2,29,31)/t20-,21+,22+,25+/m1/s1. The Labute approximate surface area is 200 Å². The number of benzene rings is 1. The molecule has 4 atom stereocenters. The van der Waals surface area contributed by atoms with Crippen molar-refractivity contribution in [2.24, 2.45) is 5.41 Å². The predicted molar refractivity (Wildman–Crippen MR) is 131 cm³/mol. The minimum absolute atomic E-state index is 0.121. The van der Waals surface area contributed by atoms with E-state index < -0.39 is 29.5 Å². The van der Waals surface area contributed by atoms with E-state index in [1.165, 1.54) is 12.1 Å². The van der Waals surface area contributed by atoms with Gasteiger partial charge in [0, 0.05) is 28.9 Å². The normalized spacial score (nSPS) is 24.6. The molecule has 0 spiro atoms. The Bertz CT molecular complexity index is 1470. The Morgan fingerprint density at radius 2 is 2.03 bits per heavy atom. The second-order valence-electron chi connectivity index (χ2n) is 8.87. The second kappa shape index (κ2) is 8.13. The Kier molecular flexibility index (Phi) is 5.36. The SMILES string of the molecule is C#C[C@]1(CCc2cc(F)c3cc(Cl)c(N)nc3c2)C[C@@H](n2ccc3c(N)ccnc32)[C@H](O)[C@@H]1O. The molecule has 5 rings (SSSR count). The number of nitrogens with two attached hydrogens (primary N) is 2. The third-order valence-electron chi connectivity index (χ3n) is 6.94. The van der Waals surface area contributed by atoms with Crippen LogP contribution < -0.4 is 11.5 Å². The van der Waals surface area contributed by atoms with E-state index in [-0.39, 0.29) is 16.2 Å². The molecule has 0 aliphatic heterocycles. The number of hydrogen-bond acceptors (Lipinski definition) is 6. The zero-order chi connectivity index (χ0) is 24.2. The highest BCUT2D eigenvalue weighted by molar-refractivity contribution is 6.33. The molecule has 0 unspecified atom stereocenters. The van der Waals surface area contributed by atoms with Gasteiger partial charge in [-0.1, -0.05) is 17.5 Å². The Morgan fingerprint density at radius 3 is 2.79 bits per heavy atom. The smallest absolute Gasteiger partial charge is 0.142 e. The molecule has 0 amide bonds. The molecule has 4 aromatic rings. The number of aromatic nitrogens is 3. The van der Waals surface area contributed by atoms with Crippen molar-refractivity contribution in [1.29, 1.82) is 0 Å². The van der Waals surface area contributed by atoms with Crippen molar-refractivity contribution in [1.82, 2.24) is 14.5 Å². The molecule has 1 aromatic carbocycles. The lowest BCUT2D eigenvalue weighted by Crippen LogP contribution is -2.36. The number of pyridine rings is 2. The average molecular weight is 480 g/mol. The number of terminal acetylenes is 1. The molecule has 9 heteroatoms. The van der Waals surface area contributed by atoms with Crippen molar-refractivity contribution in [2.75, 3.05) is 11.5 Å². The Morgan fingerprint density at radius 1 is 1.24 bits per heavy atom. The van der Waals surface area contributed by atoms with E-state index >= 15 is 0 Å². The quantitative estimate of drug-likeness (QED) is 0.332. The molecule has 1 aliphatic rings. The van der Waals surface area contributed by atoms with E-state index in [1.807, 2.05) is 10.6 Å². The first-order valence-corrected chi connectivity index (χ1v) is 11.2. The number of aliphatic hydroxyl groups excluding tert-OH is 2. The maximum Gasteiger partial charge on any atom is 0.142 e. The van der Waals surface area contributed by atoms with E-state index in [9.17, 15) is 14.6 Å². The van der Waals surface area contributed by atoms with Gasteiger partial charge in [0.1, 0.15) is 23.4 Å². The van der Waals surface area contributed by atoms with Crippen LogP contribution in [-0.2, 0) is 6.42 Å².